The average molecular weight is 375 g/mol. The zero-order valence-corrected chi connectivity index (χ0v) is 15.5. The lowest BCUT2D eigenvalue weighted by molar-refractivity contribution is 0.0948. The second-order valence-electron chi connectivity index (χ2n) is 5.99. The van der Waals surface area contributed by atoms with Crippen molar-refractivity contribution in [1.29, 1.82) is 0 Å². The molecular weight excluding hydrogens is 354 g/mol. The smallest absolute Gasteiger partial charge is 0.255 e. The number of hydrogen-bond donors (Lipinski definition) is 2. The van der Waals surface area contributed by atoms with Crippen molar-refractivity contribution >= 4 is 17.5 Å². The number of nitrogens with one attached hydrogen (secondary N) is 2. The molecule has 2 N–H and O–H groups in total. The molecule has 2 aromatic carbocycles. The third kappa shape index (κ3) is 5.17. The van der Waals surface area contributed by atoms with Crippen molar-refractivity contribution in [2.75, 3.05) is 11.9 Å². The first-order chi connectivity index (χ1) is 13.7. The number of amides is 2. The Kier molecular flexibility index (Phi) is 6.36. The number of carbonyl (C=O) groups is 2. The molecule has 3 aromatic rings. The number of aromatic nitrogens is 1. The predicted octanol–water partition coefficient (Wildman–Crippen LogP) is 3.66. The molecule has 1 aromatic heterocycles. The van der Waals surface area contributed by atoms with E-state index in [0.717, 1.165) is 11.4 Å². The summed E-state index contributed by atoms with van der Waals surface area (Å²) in [5.74, 6) is 0.287. The van der Waals surface area contributed by atoms with E-state index in [2.05, 4.69) is 15.6 Å². The fourth-order valence-electron chi connectivity index (χ4n) is 2.55. The van der Waals surface area contributed by atoms with Crippen LogP contribution in [0.2, 0.25) is 0 Å². The molecular formula is C22H21N3O3. The van der Waals surface area contributed by atoms with E-state index in [4.69, 9.17) is 4.74 Å². The Morgan fingerprint density at radius 1 is 0.893 bits per heavy atom. The van der Waals surface area contributed by atoms with E-state index in [1.807, 2.05) is 25.1 Å². The number of benzene rings is 2. The summed E-state index contributed by atoms with van der Waals surface area (Å²) in [6.45, 7) is 2.85. The van der Waals surface area contributed by atoms with Gasteiger partial charge in [0.25, 0.3) is 11.8 Å². The first kappa shape index (κ1) is 19.1. The molecule has 3 rings (SSSR count). The minimum Gasteiger partial charge on any atom is -0.494 e. The van der Waals surface area contributed by atoms with E-state index in [9.17, 15) is 9.59 Å². The average Bonchev–Trinajstić information content (AvgIpc) is 2.74. The lowest BCUT2D eigenvalue weighted by Crippen LogP contribution is -2.23. The highest BCUT2D eigenvalue weighted by molar-refractivity contribution is 6.05. The Balaban J connectivity index is 1.56. The molecule has 0 aliphatic carbocycles. The van der Waals surface area contributed by atoms with Crippen LogP contribution in [0.5, 0.6) is 5.75 Å². The Bertz CT molecular complexity index is 924. The van der Waals surface area contributed by atoms with Crippen molar-refractivity contribution in [3.63, 3.8) is 0 Å². The Hall–Kier alpha value is -3.67. The van der Waals surface area contributed by atoms with Crippen molar-refractivity contribution in [1.82, 2.24) is 10.3 Å². The van der Waals surface area contributed by atoms with Gasteiger partial charge in [-0.3, -0.25) is 14.6 Å². The Morgan fingerprint density at radius 3 is 2.18 bits per heavy atom. The molecule has 0 spiro atoms. The van der Waals surface area contributed by atoms with Crippen molar-refractivity contribution < 1.29 is 14.3 Å². The first-order valence-corrected chi connectivity index (χ1v) is 8.98. The first-order valence-electron chi connectivity index (χ1n) is 8.98. The lowest BCUT2D eigenvalue weighted by atomic mass is 10.1. The quantitative estimate of drug-likeness (QED) is 0.660. The van der Waals surface area contributed by atoms with Crippen LogP contribution in [0.3, 0.4) is 0 Å². The van der Waals surface area contributed by atoms with Gasteiger partial charge in [0.15, 0.2) is 0 Å². The summed E-state index contributed by atoms with van der Waals surface area (Å²) in [5, 5.41) is 5.63. The fraction of sp³-hybridized carbons (Fsp3) is 0.136. The zero-order valence-electron chi connectivity index (χ0n) is 15.5. The third-order valence-electron chi connectivity index (χ3n) is 3.99. The van der Waals surface area contributed by atoms with Crippen LogP contribution in [0, 0.1) is 0 Å². The number of carbonyl (C=O) groups excluding carboxylic acids is 2. The fourth-order valence-corrected chi connectivity index (χ4v) is 2.55. The zero-order chi connectivity index (χ0) is 19.8. The summed E-state index contributed by atoms with van der Waals surface area (Å²) in [5.41, 5.74) is 2.40. The van der Waals surface area contributed by atoms with Gasteiger partial charge in [-0.1, -0.05) is 6.07 Å². The van der Waals surface area contributed by atoms with Crippen LogP contribution in [0.4, 0.5) is 5.69 Å². The van der Waals surface area contributed by atoms with Crippen LogP contribution >= 0.6 is 0 Å². The molecule has 0 radical (unpaired) electrons. The largest absolute Gasteiger partial charge is 0.494 e. The van der Waals surface area contributed by atoms with Gasteiger partial charge >= 0.3 is 0 Å². The standard InChI is InChI=1S/C22H21N3O3/c1-2-28-20-12-10-18(11-13-20)25-22(27)17-8-6-16(7-9-17)21(26)24-15-19-5-3-4-14-23-19/h3-14H,2,15H2,1H3,(H,24,26)(H,25,27). The highest BCUT2D eigenvalue weighted by atomic mass is 16.5. The lowest BCUT2D eigenvalue weighted by Gasteiger charge is -2.08. The summed E-state index contributed by atoms with van der Waals surface area (Å²) in [6, 6.07) is 19.2. The highest BCUT2D eigenvalue weighted by Crippen LogP contribution is 2.16. The van der Waals surface area contributed by atoms with Crippen LogP contribution in [-0.2, 0) is 6.54 Å². The van der Waals surface area contributed by atoms with Crippen LogP contribution in [0.25, 0.3) is 0 Å². The second kappa shape index (κ2) is 9.32. The topological polar surface area (TPSA) is 80.3 Å². The van der Waals surface area contributed by atoms with E-state index >= 15 is 0 Å². The van der Waals surface area contributed by atoms with E-state index in [-0.39, 0.29) is 11.8 Å². The van der Waals surface area contributed by atoms with Gasteiger partial charge in [0, 0.05) is 23.0 Å². The Morgan fingerprint density at radius 2 is 1.57 bits per heavy atom. The molecule has 0 atom stereocenters. The highest BCUT2D eigenvalue weighted by Gasteiger charge is 2.09. The van der Waals surface area contributed by atoms with E-state index in [0.29, 0.717) is 30.0 Å². The van der Waals surface area contributed by atoms with Crippen molar-refractivity contribution in [2.24, 2.45) is 0 Å². The minimum absolute atomic E-state index is 0.218. The number of anilines is 1. The van der Waals surface area contributed by atoms with E-state index in [1.165, 1.54) is 0 Å². The predicted molar refractivity (Wildman–Crippen MR) is 107 cm³/mol. The number of pyridine rings is 1. The summed E-state index contributed by atoms with van der Waals surface area (Å²) < 4.78 is 5.38. The van der Waals surface area contributed by atoms with Gasteiger partial charge in [0.05, 0.1) is 18.8 Å². The summed E-state index contributed by atoms with van der Waals surface area (Å²) >= 11 is 0. The summed E-state index contributed by atoms with van der Waals surface area (Å²) in [4.78, 5) is 28.8. The van der Waals surface area contributed by atoms with Crippen molar-refractivity contribution in [3.05, 3.63) is 89.7 Å². The van der Waals surface area contributed by atoms with Crippen molar-refractivity contribution in [2.45, 2.75) is 13.5 Å². The van der Waals surface area contributed by atoms with Crippen LogP contribution in [0.15, 0.2) is 72.9 Å². The minimum atomic E-state index is -0.246. The summed E-state index contributed by atoms with van der Waals surface area (Å²) in [6.07, 6.45) is 1.68. The molecule has 0 unspecified atom stereocenters. The Labute approximate surface area is 163 Å². The van der Waals surface area contributed by atoms with Gasteiger partial charge in [0.2, 0.25) is 0 Å². The molecule has 2 amide bonds. The molecule has 0 aliphatic rings. The second-order valence-corrected chi connectivity index (χ2v) is 5.99. The number of rotatable bonds is 7. The summed E-state index contributed by atoms with van der Waals surface area (Å²) in [7, 11) is 0. The molecule has 6 nitrogen and oxygen atoms in total. The maximum absolute atomic E-state index is 12.4. The SMILES string of the molecule is CCOc1ccc(NC(=O)c2ccc(C(=O)NCc3ccccn3)cc2)cc1. The molecule has 0 aliphatic heterocycles. The van der Waals surface area contributed by atoms with Crippen LogP contribution in [-0.4, -0.2) is 23.4 Å². The molecule has 28 heavy (non-hydrogen) atoms. The molecule has 0 saturated carbocycles. The molecule has 0 fully saturated rings. The van der Waals surface area contributed by atoms with Gasteiger partial charge in [0.1, 0.15) is 5.75 Å². The normalized spacial score (nSPS) is 10.2. The van der Waals surface area contributed by atoms with Crippen LogP contribution in [0.1, 0.15) is 33.3 Å². The van der Waals surface area contributed by atoms with Crippen LogP contribution < -0.4 is 15.4 Å². The molecule has 0 bridgehead atoms. The van der Waals surface area contributed by atoms with Gasteiger partial charge in [-0.2, -0.15) is 0 Å². The third-order valence-corrected chi connectivity index (χ3v) is 3.99. The van der Waals surface area contributed by atoms with E-state index in [1.54, 1.807) is 54.7 Å². The number of ether oxygens (including phenoxy) is 1. The van der Waals surface area contributed by atoms with E-state index < -0.39 is 0 Å². The van der Waals surface area contributed by atoms with Crippen molar-refractivity contribution in [3.8, 4) is 5.75 Å². The number of nitrogens with zero attached hydrogens (tertiary/aromatic N) is 1. The maximum Gasteiger partial charge on any atom is 0.255 e. The maximum atomic E-state index is 12.4. The molecule has 1 heterocycles. The van der Waals surface area contributed by atoms with Gasteiger partial charge in [-0.05, 0) is 67.6 Å². The van der Waals surface area contributed by atoms with Gasteiger partial charge in [-0.15, -0.1) is 0 Å². The molecule has 142 valence electrons. The van der Waals surface area contributed by atoms with Gasteiger partial charge < -0.3 is 15.4 Å². The monoisotopic (exact) mass is 375 g/mol. The number of hydrogen-bond acceptors (Lipinski definition) is 4. The van der Waals surface area contributed by atoms with Gasteiger partial charge in [-0.25, -0.2) is 0 Å². The molecule has 6 heteroatoms. The molecule has 0 saturated heterocycles.